The second kappa shape index (κ2) is 10.1. The van der Waals surface area contributed by atoms with E-state index in [1.54, 1.807) is 0 Å². The van der Waals surface area contributed by atoms with E-state index < -0.39 is 5.97 Å². The minimum absolute atomic E-state index is 0.406. The lowest BCUT2D eigenvalue weighted by Gasteiger charge is -2.29. The van der Waals surface area contributed by atoms with Gasteiger partial charge in [-0.25, -0.2) is 4.79 Å². The normalized spacial score (nSPS) is 20.4. The summed E-state index contributed by atoms with van der Waals surface area (Å²) in [6.45, 7) is 6.77. The third-order valence-corrected chi connectivity index (χ3v) is 6.84. The largest absolute Gasteiger partial charge is 0.478 e. The van der Waals surface area contributed by atoms with E-state index >= 15 is 0 Å². The first-order valence-corrected chi connectivity index (χ1v) is 11.5. The maximum atomic E-state index is 11.8. The molecular weight excluding hydrogens is 356 g/mol. The van der Waals surface area contributed by atoms with Crippen LogP contribution in [-0.4, -0.2) is 11.1 Å². The van der Waals surface area contributed by atoms with Gasteiger partial charge >= 0.3 is 5.97 Å². The van der Waals surface area contributed by atoms with Crippen molar-refractivity contribution in [1.29, 1.82) is 0 Å². The number of aromatic carboxylic acids is 1. The summed E-state index contributed by atoms with van der Waals surface area (Å²) in [5, 5.41) is 9.73. The fraction of sp³-hybridized carbons (Fsp3) is 0.519. The van der Waals surface area contributed by atoms with Crippen LogP contribution in [0.25, 0.3) is 11.1 Å². The molecule has 3 rings (SSSR count). The van der Waals surface area contributed by atoms with Crippen LogP contribution >= 0.6 is 0 Å². The van der Waals surface area contributed by atoms with Gasteiger partial charge in [-0.1, -0.05) is 76.4 Å². The van der Waals surface area contributed by atoms with E-state index in [1.165, 1.54) is 56.1 Å². The molecule has 1 saturated carbocycles. The van der Waals surface area contributed by atoms with Crippen LogP contribution in [0.5, 0.6) is 0 Å². The number of carboxylic acid groups (broad SMARTS) is 1. The molecule has 156 valence electrons. The summed E-state index contributed by atoms with van der Waals surface area (Å²) in [5.74, 6) is 1.27. The Bertz CT molecular complexity index is 798. The van der Waals surface area contributed by atoms with Gasteiger partial charge in [0.25, 0.3) is 0 Å². The number of rotatable bonds is 8. The summed E-state index contributed by atoms with van der Waals surface area (Å²) in [4.78, 5) is 11.8. The van der Waals surface area contributed by atoms with E-state index in [0.29, 0.717) is 17.4 Å². The van der Waals surface area contributed by atoms with Crippen molar-refractivity contribution in [3.05, 3.63) is 59.2 Å². The molecule has 0 aromatic heterocycles. The SMILES string of the molecule is CCCC1CCC(c2ccc(C(=O)O)c(-c3ccc(CC(C)CC)cc3)c2)CC1. The van der Waals surface area contributed by atoms with Gasteiger partial charge in [-0.2, -0.15) is 0 Å². The Kier molecular flexibility index (Phi) is 7.52. The minimum Gasteiger partial charge on any atom is -0.478 e. The van der Waals surface area contributed by atoms with Gasteiger partial charge in [-0.15, -0.1) is 0 Å². The van der Waals surface area contributed by atoms with Gasteiger partial charge in [-0.3, -0.25) is 0 Å². The monoisotopic (exact) mass is 392 g/mol. The van der Waals surface area contributed by atoms with Gasteiger partial charge < -0.3 is 5.11 Å². The molecule has 1 atom stereocenters. The van der Waals surface area contributed by atoms with E-state index in [0.717, 1.165) is 23.5 Å². The second-order valence-electron chi connectivity index (χ2n) is 9.03. The number of hydrogen-bond acceptors (Lipinski definition) is 1. The Labute approximate surface area is 176 Å². The molecule has 0 spiro atoms. The fourth-order valence-electron chi connectivity index (χ4n) is 4.80. The van der Waals surface area contributed by atoms with Gasteiger partial charge in [-0.05, 0) is 78.2 Å². The standard InChI is InChI=1S/C27H36O2/c1-4-6-20-7-11-22(12-8-20)24-15-16-25(27(28)29)26(18-24)23-13-9-21(10-14-23)17-19(3)5-2/h9-10,13-16,18-20,22H,4-8,11-12,17H2,1-3H3,(H,28,29). The molecule has 1 unspecified atom stereocenters. The van der Waals surface area contributed by atoms with Crippen molar-refractivity contribution >= 4 is 5.97 Å². The van der Waals surface area contributed by atoms with E-state index in [1.807, 2.05) is 6.07 Å². The summed E-state index contributed by atoms with van der Waals surface area (Å²) in [6.07, 6.45) is 9.93. The summed E-state index contributed by atoms with van der Waals surface area (Å²) in [6, 6.07) is 14.5. The Morgan fingerprint density at radius 1 is 1.03 bits per heavy atom. The molecule has 0 bridgehead atoms. The third kappa shape index (κ3) is 5.50. The van der Waals surface area contributed by atoms with E-state index in [-0.39, 0.29) is 0 Å². The van der Waals surface area contributed by atoms with Crippen molar-refractivity contribution in [2.24, 2.45) is 11.8 Å². The lowest BCUT2D eigenvalue weighted by molar-refractivity contribution is 0.0697. The van der Waals surface area contributed by atoms with Crippen LogP contribution < -0.4 is 0 Å². The minimum atomic E-state index is -0.845. The maximum absolute atomic E-state index is 11.8. The van der Waals surface area contributed by atoms with Crippen LogP contribution in [0.15, 0.2) is 42.5 Å². The van der Waals surface area contributed by atoms with Crippen LogP contribution in [0.3, 0.4) is 0 Å². The maximum Gasteiger partial charge on any atom is 0.336 e. The lowest BCUT2D eigenvalue weighted by Crippen LogP contribution is -2.13. The molecule has 0 amide bonds. The third-order valence-electron chi connectivity index (χ3n) is 6.84. The van der Waals surface area contributed by atoms with E-state index in [4.69, 9.17) is 0 Å². The van der Waals surface area contributed by atoms with E-state index in [2.05, 4.69) is 57.2 Å². The Morgan fingerprint density at radius 3 is 2.31 bits per heavy atom. The molecular formula is C27H36O2. The predicted octanol–water partition coefficient (Wildman–Crippen LogP) is 7.71. The van der Waals surface area contributed by atoms with Crippen LogP contribution in [0.1, 0.15) is 93.1 Å². The zero-order valence-corrected chi connectivity index (χ0v) is 18.3. The highest BCUT2D eigenvalue weighted by molar-refractivity contribution is 5.96. The first-order chi connectivity index (χ1) is 14.0. The second-order valence-corrected chi connectivity index (χ2v) is 9.03. The Morgan fingerprint density at radius 2 is 1.72 bits per heavy atom. The average molecular weight is 393 g/mol. The van der Waals surface area contributed by atoms with Crippen molar-refractivity contribution < 1.29 is 9.90 Å². The molecule has 0 saturated heterocycles. The Balaban J connectivity index is 1.83. The molecule has 0 aliphatic heterocycles. The highest BCUT2D eigenvalue weighted by Crippen LogP contribution is 2.39. The quantitative estimate of drug-likeness (QED) is 0.499. The first kappa shape index (κ1) is 21.6. The van der Waals surface area contributed by atoms with Crippen LogP contribution in [0.2, 0.25) is 0 Å². The van der Waals surface area contributed by atoms with Crippen molar-refractivity contribution in [1.82, 2.24) is 0 Å². The molecule has 2 aromatic rings. The predicted molar refractivity (Wildman–Crippen MR) is 122 cm³/mol. The summed E-state index contributed by atoms with van der Waals surface area (Å²) < 4.78 is 0. The van der Waals surface area contributed by atoms with Gasteiger partial charge in [0, 0.05) is 0 Å². The smallest absolute Gasteiger partial charge is 0.336 e. The number of carbonyl (C=O) groups is 1. The zero-order valence-electron chi connectivity index (χ0n) is 18.3. The number of carboxylic acids is 1. The van der Waals surface area contributed by atoms with Crippen LogP contribution in [-0.2, 0) is 6.42 Å². The number of hydrogen-bond donors (Lipinski definition) is 1. The topological polar surface area (TPSA) is 37.3 Å². The molecule has 2 aromatic carbocycles. The van der Waals surface area contributed by atoms with Crippen molar-refractivity contribution in [2.75, 3.05) is 0 Å². The molecule has 1 aliphatic rings. The first-order valence-electron chi connectivity index (χ1n) is 11.5. The molecule has 0 radical (unpaired) electrons. The molecule has 1 aliphatic carbocycles. The summed E-state index contributed by atoms with van der Waals surface area (Å²) in [5.41, 5.74) is 4.91. The van der Waals surface area contributed by atoms with Crippen molar-refractivity contribution in [2.45, 2.75) is 78.1 Å². The molecule has 0 heterocycles. The van der Waals surface area contributed by atoms with E-state index in [9.17, 15) is 9.90 Å². The average Bonchev–Trinajstić information content (AvgIpc) is 2.74. The van der Waals surface area contributed by atoms with Gasteiger partial charge in [0.2, 0.25) is 0 Å². The Hall–Kier alpha value is -2.09. The molecule has 2 nitrogen and oxygen atoms in total. The zero-order chi connectivity index (χ0) is 20.8. The highest BCUT2D eigenvalue weighted by atomic mass is 16.4. The van der Waals surface area contributed by atoms with Crippen LogP contribution in [0, 0.1) is 11.8 Å². The van der Waals surface area contributed by atoms with Gasteiger partial charge in [0.15, 0.2) is 0 Å². The summed E-state index contributed by atoms with van der Waals surface area (Å²) >= 11 is 0. The van der Waals surface area contributed by atoms with Gasteiger partial charge in [0.1, 0.15) is 0 Å². The fourth-order valence-corrected chi connectivity index (χ4v) is 4.80. The van der Waals surface area contributed by atoms with Crippen LogP contribution in [0.4, 0.5) is 0 Å². The highest BCUT2D eigenvalue weighted by Gasteiger charge is 2.23. The molecule has 1 fully saturated rings. The molecule has 29 heavy (non-hydrogen) atoms. The van der Waals surface area contributed by atoms with Crippen molar-refractivity contribution in [3.8, 4) is 11.1 Å². The lowest BCUT2D eigenvalue weighted by atomic mass is 9.76. The summed E-state index contributed by atoms with van der Waals surface area (Å²) in [7, 11) is 0. The molecule has 1 N–H and O–H groups in total. The van der Waals surface area contributed by atoms with Gasteiger partial charge in [0.05, 0.1) is 5.56 Å². The van der Waals surface area contributed by atoms with Crippen molar-refractivity contribution in [3.63, 3.8) is 0 Å². The molecule has 2 heteroatoms. The number of benzene rings is 2.